The van der Waals surface area contributed by atoms with Gasteiger partial charge in [-0.2, -0.15) is 0 Å². The average molecular weight is 383 g/mol. The number of nitrogens with zero attached hydrogens (tertiary/aromatic N) is 1. The zero-order valence-electron chi connectivity index (χ0n) is 16.4. The normalized spacial score (nSPS) is 13.2. The van der Waals surface area contributed by atoms with Crippen LogP contribution >= 0.6 is 0 Å². The number of rotatable bonds is 10. The van der Waals surface area contributed by atoms with E-state index in [4.69, 9.17) is 9.47 Å². The highest BCUT2D eigenvalue weighted by Gasteiger charge is 2.11. The van der Waals surface area contributed by atoms with Gasteiger partial charge in [-0.1, -0.05) is 0 Å². The maximum Gasteiger partial charge on any atom is 0.221 e. The van der Waals surface area contributed by atoms with Gasteiger partial charge >= 0.3 is 0 Å². The summed E-state index contributed by atoms with van der Waals surface area (Å²) in [4.78, 5) is 14.3. The molecule has 28 heavy (non-hydrogen) atoms. The van der Waals surface area contributed by atoms with Crippen molar-refractivity contribution in [3.63, 3.8) is 0 Å². The van der Waals surface area contributed by atoms with Crippen molar-refractivity contribution in [3.05, 3.63) is 48.5 Å². The van der Waals surface area contributed by atoms with Crippen LogP contribution in [0.15, 0.2) is 48.5 Å². The predicted molar refractivity (Wildman–Crippen MR) is 112 cm³/mol. The van der Waals surface area contributed by atoms with Gasteiger partial charge in [0.2, 0.25) is 5.91 Å². The SMILES string of the molecule is COc1ccc(OCCNC(=O)CCNc2ccc(N3CCCC3)cc2)cc1. The Labute approximate surface area is 166 Å². The van der Waals surface area contributed by atoms with Crippen molar-refractivity contribution in [3.8, 4) is 11.5 Å². The fourth-order valence-electron chi connectivity index (χ4n) is 3.21. The van der Waals surface area contributed by atoms with Crippen LogP contribution in [0.2, 0.25) is 0 Å². The standard InChI is InChI=1S/C22H29N3O3/c1-27-20-8-10-21(11-9-20)28-17-14-24-22(26)12-13-23-18-4-6-19(7-5-18)25-15-2-3-16-25/h4-11,23H,2-3,12-17H2,1H3,(H,24,26). The topological polar surface area (TPSA) is 62.8 Å². The van der Waals surface area contributed by atoms with E-state index in [0.717, 1.165) is 30.3 Å². The smallest absolute Gasteiger partial charge is 0.221 e. The summed E-state index contributed by atoms with van der Waals surface area (Å²) in [6.07, 6.45) is 2.98. The van der Waals surface area contributed by atoms with E-state index in [1.54, 1.807) is 7.11 Å². The third-order valence-electron chi connectivity index (χ3n) is 4.77. The van der Waals surface area contributed by atoms with Crippen LogP contribution in [-0.2, 0) is 4.79 Å². The van der Waals surface area contributed by atoms with Gasteiger partial charge < -0.3 is 25.0 Å². The van der Waals surface area contributed by atoms with Crippen LogP contribution in [0.3, 0.4) is 0 Å². The second-order valence-corrected chi connectivity index (χ2v) is 6.79. The first-order chi connectivity index (χ1) is 13.7. The molecule has 0 radical (unpaired) electrons. The Kier molecular flexibility index (Phi) is 7.41. The second-order valence-electron chi connectivity index (χ2n) is 6.79. The molecule has 150 valence electrons. The van der Waals surface area contributed by atoms with Crippen LogP contribution < -0.4 is 25.0 Å². The summed E-state index contributed by atoms with van der Waals surface area (Å²) in [6.45, 7) is 3.82. The summed E-state index contributed by atoms with van der Waals surface area (Å²) < 4.78 is 10.7. The number of anilines is 2. The number of hydrogen-bond donors (Lipinski definition) is 2. The molecule has 2 aromatic carbocycles. The molecule has 1 saturated heterocycles. The Morgan fingerprint density at radius 3 is 2.32 bits per heavy atom. The van der Waals surface area contributed by atoms with Crippen LogP contribution in [-0.4, -0.2) is 45.8 Å². The zero-order valence-corrected chi connectivity index (χ0v) is 16.4. The lowest BCUT2D eigenvalue weighted by Crippen LogP contribution is -2.29. The van der Waals surface area contributed by atoms with Crippen LogP contribution in [0.25, 0.3) is 0 Å². The average Bonchev–Trinajstić information content (AvgIpc) is 3.27. The van der Waals surface area contributed by atoms with Gasteiger partial charge in [-0.05, 0) is 61.4 Å². The van der Waals surface area contributed by atoms with Crippen molar-refractivity contribution in [1.82, 2.24) is 5.32 Å². The van der Waals surface area contributed by atoms with E-state index < -0.39 is 0 Å². The minimum atomic E-state index is 0.0134. The van der Waals surface area contributed by atoms with Gasteiger partial charge in [0.15, 0.2) is 0 Å². The molecule has 0 bridgehead atoms. The van der Waals surface area contributed by atoms with Crippen molar-refractivity contribution in [1.29, 1.82) is 0 Å². The number of benzene rings is 2. The Hall–Kier alpha value is -2.89. The van der Waals surface area contributed by atoms with Crippen molar-refractivity contribution in [2.75, 3.05) is 50.1 Å². The summed E-state index contributed by atoms with van der Waals surface area (Å²) in [5.41, 5.74) is 2.32. The van der Waals surface area contributed by atoms with E-state index in [1.165, 1.54) is 18.5 Å². The lowest BCUT2D eigenvalue weighted by molar-refractivity contribution is -0.120. The lowest BCUT2D eigenvalue weighted by Gasteiger charge is -2.18. The summed E-state index contributed by atoms with van der Waals surface area (Å²) >= 11 is 0. The quantitative estimate of drug-likeness (QED) is 0.617. The van der Waals surface area contributed by atoms with Crippen molar-refractivity contribution < 1.29 is 14.3 Å². The third-order valence-corrected chi connectivity index (χ3v) is 4.77. The van der Waals surface area contributed by atoms with Gasteiger partial charge in [0.05, 0.1) is 13.7 Å². The van der Waals surface area contributed by atoms with Gasteiger partial charge in [0.1, 0.15) is 18.1 Å². The maximum absolute atomic E-state index is 11.9. The van der Waals surface area contributed by atoms with E-state index in [-0.39, 0.29) is 5.91 Å². The van der Waals surface area contributed by atoms with Crippen LogP contribution in [0.4, 0.5) is 11.4 Å². The lowest BCUT2D eigenvalue weighted by atomic mass is 10.2. The van der Waals surface area contributed by atoms with Crippen LogP contribution in [0.1, 0.15) is 19.3 Å². The molecule has 1 aliphatic rings. The monoisotopic (exact) mass is 383 g/mol. The molecule has 0 spiro atoms. The highest BCUT2D eigenvalue weighted by Crippen LogP contribution is 2.22. The minimum Gasteiger partial charge on any atom is -0.497 e. The summed E-state index contributed by atoms with van der Waals surface area (Å²) in [7, 11) is 1.63. The Morgan fingerprint density at radius 2 is 1.64 bits per heavy atom. The van der Waals surface area contributed by atoms with Crippen LogP contribution in [0, 0.1) is 0 Å². The molecule has 6 nitrogen and oxygen atoms in total. The van der Waals surface area contributed by atoms with E-state index in [2.05, 4.69) is 39.8 Å². The van der Waals surface area contributed by atoms with Crippen molar-refractivity contribution in [2.24, 2.45) is 0 Å². The molecule has 0 atom stereocenters. The first-order valence-electron chi connectivity index (χ1n) is 9.87. The molecule has 2 aromatic rings. The highest BCUT2D eigenvalue weighted by molar-refractivity contribution is 5.76. The number of amides is 1. The molecule has 1 aliphatic heterocycles. The molecule has 2 N–H and O–H groups in total. The zero-order chi connectivity index (χ0) is 19.6. The first kappa shape index (κ1) is 19.9. The van der Waals surface area contributed by atoms with E-state index in [0.29, 0.717) is 26.1 Å². The van der Waals surface area contributed by atoms with Crippen molar-refractivity contribution >= 4 is 17.3 Å². The van der Waals surface area contributed by atoms with Crippen molar-refractivity contribution in [2.45, 2.75) is 19.3 Å². The van der Waals surface area contributed by atoms with Gasteiger partial charge in [0, 0.05) is 37.4 Å². The number of ether oxygens (including phenoxy) is 2. The number of carbonyl (C=O) groups excluding carboxylic acids is 1. The van der Waals surface area contributed by atoms with Crippen LogP contribution in [0.5, 0.6) is 11.5 Å². The molecular formula is C22H29N3O3. The number of hydrogen-bond acceptors (Lipinski definition) is 5. The van der Waals surface area contributed by atoms with E-state index >= 15 is 0 Å². The summed E-state index contributed by atoms with van der Waals surface area (Å²) in [5, 5.41) is 6.17. The van der Waals surface area contributed by atoms with E-state index in [9.17, 15) is 4.79 Å². The summed E-state index contributed by atoms with van der Waals surface area (Å²) in [6, 6.07) is 15.8. The number of nitrogens with one attached hydrogen (secondary N) is 2. The fraction of sp³-hybridized carbons (Fsp3) is 0.409. The van der Waals surface area contributed by atoms with Gasteiger partial charge in [0.25, 0.3) is 0 Å². The minimum absolute atomic E-state index is 0.0134. The molecule has 0 unspecified atom stereocenters. The van der Waals surface area contributed by atoms with Gasteiger partial charge in [-0.15, -0.1) is 0 Å². The third kappa shape index (κ3) is 6.08. The van der Waals surface area contributed by atoms with Gasteiger partial charge in [-0.3, -0.25) is 4.79 Å². The predicted octanol–water partition coefficient (Wildman–Crippen LogP) is 3.29. The first-order valence-corrected chi connectivity index (χ1v) is 9.87. The molecule has 1 amide bonds. The van der Waals surface area contributed by atoms with Gasteiger partial charge in [-0.25, -0.2) is 0 Å². The van der Waals surface area contributed by atoms with E-state index in [1.807, 2.05) is 24.3 Å². The molecule has 0 saturated carbocycles. The Morgan fingerprint density at radius 1 is 0.964 bits per heavy atom. The molecule has 1 heterocycles. The maximum atomic E-state index is 11.9. The highest BCUT2D eigenvalue weighted by atomic mass is 16.5. The molecule has 3 rings (SSSR count). The number of methoxy groups -OCH3 is 1. The molecule has 0 aliphatic carbocycles. The second kappa shape index (κ2) is 10.4. The Bertz CT molecular complexity index is 726. The largest absolute Gasteiger partial charge is 0.497 e. The molecule has 1 fully saturated rings. The fourth-order valence-corrected chi connectivity index (χ4v) is 3.21. The summed E-state index contributed by atoms with van der Waals surface area (Å²) in [5.74, 6) is 1.56. The number of carbonyl (C=O) groups is 1. The Balaban J connectivity index is 1.27. The molecular weight excluding hydrogens is 354 g/mol. The molecule has 0 aromatic heterocycles. The molecule has 6 heteroatoms.